The highest BCUT2D eigenvalue weighted by Crippen LogP contribution is 2.38. The van der Waals surface area contributed by atoms with Crippen molar-refractivity contribution in [2.24, 2.45) is 0 Å². The molecule has 4 heteroatoms. The van der Waals surface area contributed by atoms with Gasteiger partial charge in [0.15, 0.2) is 5.78 Å². The molecule has 22 heavy (non-hydrogen) atoms. The van der Waals surface area contributed by atoms with E-state index < -0.39 is 5.60 Å². The van der Waals surface area contributed by atoms with Crippen LogP contribution in [0.4, 0.5) is 0 Å². The summed E-state index contributed by atoms with van der Waals surface area (Å²) in [5, 5.41) is 0. The third-order valence-corrected chi connectivity index (χ3v) is 4.39. The van der Waals surface area contributed by atoms with Gasteiger partial charge in [-0.25, -0.2) is 0 Å². The topological polar surface area (TPSA) is 38.8 Å². The van der Waals surface area contributed by atoms with Gasteiger partial charge in [0.1, 0.15) is 17.1 Å². The Morgan fingerprint density at radius 2 is 1.95 bits per heavy atom. The lowest BCUT2D eigenvalue weighted by molar-refractivity contribution is 0.0843. The molecule has 0 aromatic heterocycles. The fourth-order valence-electron chi connectivity index (χ4n) is 3.09. The lowest BCUT2D eigenvalue weighted by Gasteiger charge is -2.36. The smallest absolute Gasteiger partial charge is 0.198 e. The summed E-state index contributed by atoms with van der Waals surface area (Å²) in [5.74, 6) is 1.34. The van der Waals surface area contributed by atoms with Gasteiger partial charge < -0.3 is 14.4 Å². The monoisotopic (exact) mass is 301 g/mol. The number of nitrogens with zero attached hydrogens (tertiary/aromatic N) is 1. The molecule has 2 aliphatic rings. The molecular formula is C18H23NO3. The molecule has 2 aliphatic heterocycles. The van der Waals surface area contributed by atoms with Crippen molar-refractivity contribution in [3.63, 3.8) is 0 Å². The van der Waals surface area contributed by atoms with Crippen LogP contribution >= 0.6 is 0 Å². The average molecular weight is 301 g/mol. The molecule has 0 bridgehead atoms. The molecule has 0 aliphatic carbocycles. The fraction of sp³-hybridized carbons (Fsp3) is 0.500. The number of fused-ring (bicyclic) bond motifs is 1. The van der Waals surface area contributed by atoms with Crippen molar-refractivity contribution in [2.75, 3.05) is 20.2 Å². The molecule has 1 saturated heterocycles. The number of benzene rings is 1. The molecule has 0 amide bonds. The van der Waals surface area contributed by atoms with Crippen LogP contribution in [0, 0.1) is 0 Å². The van der Waals surface area contributed by atoms with Crippen LogP contribution in [0.1, 0.15) is 43.5 Å². The van der Waals surface area contributed by atoms with Gasteiger partial charge >= 0.3 is 0 Å². The Labute approximate surface area is 131 Å². The molecule has 0 atom stereocenters. The van der Waals surface area contributed by atoms with Crippen LogP contribution in [0.3, 0.4) is 0 Å². The summed E-state index contributed by atoms with van der Waals surface area (Å²) in [7, 11) is 1.60. The first-order valence-electron chi connectivity index (χ1n) is 7.89. The van der Waals surface area contributed by atoms with Gasteiger partial charge in [0.25, 0.3) is 0 Å². The number of piperidine rings is 1. The van der Waals surface area contributed by atoms with Crippen molar-refractivity contribution in [3.05, 3.63) is 35.5 Å². The molecule has 0 saturated carbocycles. The second kappa shape index (κ2) is 5.67. The van der Waals surface area contributed by atoms with E-state index in [1.54, 1.807) is 13.2 Å². The van der Waals surface area contributed by atoms with Crippen molar-refractivity contribution in [2.45, 2.75) is 38.7 Å². The maximum absolute atomic E-state index is 12.9. The van der Waals surface area contributed by atoms with Gasteiger partial charge in [-0.15, -0.1) is 0 Å². The third kappa shape index (κ3) is 2.70. The summed E-state index contributed by atoms with van der Waals surface area (Å²) in [4.78, 5) is 15.2. The first-order valence-corrected chi connectivity index (χ1v) is 7.89. The van der Waals surface area contributed by atoms with E-state index in [-0.39, 0.29) is 5.78 Å². The molecule has 1 aromatic rings. The normalized spacial score (nSPS) is 22.2. The van der Waals surface area contributed by atoms with E-state index in [4.69, 9.17) is 9.47 Å². The van der Waals surface area contributed by atoms with Crippen molar-refractivity contribution in [1.29, 1.82) is 0 Å². The van der Waals surface area contributed by atoms with Gasteiger partial charge in [0.05, 0.1) is 18.2 Å². The number of Topliss-reactive ketones (excluding diaryl/α,β-unsaturated/α-hetero) is 1. The minimum Gasteiger partial charge on any atom is -0.497 e. The quantitative estimate of drug-likeness (QED) is 0.785. The van der Waals surface area contributed by atoms with Crippen LogP contribution < -0.4 is 9.47 Å². The highest BCUT2D eigenvalue weighted by molar-refractivity contribution is 6.13. The van der Waals surface area contributed by atoms with Gasteiger partial charge in [-0.3, -0.25) is 4.79 Å². The number of carbonyl (C=O) groups excluding carboxylic acids is 1. The minimum absolute atomic E-state index is 0.0377. The summed E-state index contributed by atoms with van der Waals surface area (Å²) < 4.78 is 11.3. The third-order valence-electron chi connectivity index (χ3n) is 4.39. The van der Waals surface area contributed by atoms with Gasteiger partial charge in [0.2, 0.25) is 0 Å². The molecule has 4 nitrogen and oxygen atoms in total. The zero-order valence-electron chi connectivity index (χ0n) is 13.5. The fourth-order valence-corrected chi connectivity index (χ4v) is 3.09. The molecule has 0 radical (unpaired) electrons. The summed E-state index contributed by atoms with van der Waals surface area (Å²) in [6.07, 6.45) is 5.64. The molecule has 0 spiro atoms. The van der Waals surface area contributed by atoms with E-state index in [9.17, 15) is 4.79 Å². The van der Waals surface area contributed by atoms with Gasteiger partial charge in [-0.05, 0) is 51.3 Å². The number of likely N-dealkylation sites (tertiary alicyclic amines) is 1. The SMILES string of the molecule is COc1ccc2c(c1)C(=O)/C(=C/N1CCCCC1)C(C)(C)O2. The van der Waals surface area contributed by atoms with Crippen molar-refractivity contribution < 1.29 is 14.3 Å². The number of methoxy groups -OCH3 is 1. The Morgan fingerprint density at radius 1 is 1.23 bits per heavy atom. The molecule has 0 unspecified atom stereocenters. The van der Waals surface area contributed by atoms with E-state index in [0.717, 1.165) is 18.7 Å². The number of rotatable bonds is 2. The van der Waals surface area contributed by atoms with Crippen LogP contribution in [0.25, 0.3) is 0 Å². The number of carbonyl (C=O) groups is 1. The Balaban J connectivity index is 1.99. The Kier molecular flexibility index (Phi) is 3.85. The van der Waals surface area contributed by atoms with E-state index in [1.807, 2.05) is 32.2 Å². The average Bonchev–Trinajstić information content (AvgIpc) is 2.52. The summed E-state index contributed by atoms with van der Waals surface area (Å²) in [6, 6.07) is 5.39. The predicted molar refractivity (Wildman–Crippen MR) is 85.5 cm³/mol. The predicted octanol–water partition coefficient (Wildman–Crippen LogP) is 3.42. The first kappa shape index (κ1) is 14.9. The lowest BCUT2D eigenvalue weighted by atomic mass is 9.87. The van der Waals surface area contributed by atoms with E-state index in [2.05, 4.69) is 4.90 Å². The number of hydrogen-bond donors (Lipinski definition) is 0. The summed E-state index contributed by atoms with van der Waals surface area (Å²) in [6.45, 7) is 5.93. The van der Waals surface area contributed by atoms with E-state index >= 15 is 0 Å². The lowest BCUT2D eigenvalue weighted by Crippen LogP contribution is -2.40. The number of hydrogen-bond acceptors (Lipinski definition) is 4. The largest absolute Gasteiger partial charge is 0.497 e. The van der Waals surface area contributed by atoms with Gasteiger partial charge in [0, 0.05) is 19.3 Å². The minimum atomic E-state index is -0.615. The van der Waals surface area contributed by atoms with E-state index in [1.165, 1.54) is 19.3 Å². The molecule has 2 heterocycles. The summed E-state index contributed by atoms with van der Waals surface area (Å²) >= 11 is 0. The Morgan fingerprint density at radius 3 is 2.64 bits per heavy atom. The zero-order chi connectivity index (χ0) is 15.7. The molecule has 0 N–H and O–H groups in total. The number of ketones is 1. The highest BCUT2D eigenvalue weighted by Gasteiger charge is 2.38. The highest BCUT2D eigenvalue weighted by atomic mass is 16.5. The van der Waals surface area contributed by atoms with Crippen LogP contribution in [-0.4, -0.2) is 36.5 Å². The number of ether oxygens (including phenoxy) is 2. The Hall–Kier alpha value is -1.97. The molecule has 1 fully saturated rings. The van der Waals surface area contributed by atoms with Gasteiger partial charge in [-0.1, -0.05) is 0 Å². The van der Waals surface area contributed by atoms with Crippen molar-refractivity contribution in [3.8, 4) is 11.5 Å². The molecule has 118 valence electrons. The zero-order valence-corrected chi connectivity index (χ0v) is 13.5. The van der Waals surface area contributed by atoms with E-state index in [0.29, 0.717) is 17.1 Å². The Bertz CT molecular complexity index is 613. The van der Waals surface area contributed by atoms with Crippen LogP contribution in [0.2, 0.25) is 0 Å². The molecule has 3 rings (SSSR count). The van der Waals surface area contributed by atoms with Crippen molar-refractivity contribution >= 4 is 5.78 Å². The van der Waals surface area contributed by atoms with Crippen molar-refractivity contribution in [1.82, 2.24) is 4.90 Å². The second-order valence-electron chi connectivity index (χ2n) is 6.44. The maximum atomic E-state index is 12.9. The standard InChI is InChI=1S/C18H23NO3/c1-18(2)15(12-19-9-5-4-6-10-19)17(20)14-11-13(21-3)7-8-16(14)22-18/h7-8,11-12H,4-6,9-10H2,1-3H3/b15-12-. The van der Waals surface area contributed by atoms with Crippen LogP contribution in [0.15, 0.2) is 30.0 Å². The maximum Gasteiger partial charge on any atom is 0.198 e. The second-order valence-corrected chi connectivity index (χ2v) is 6.44. The molecule has 1 aromatic carbocycles. The first-order chi connectivity index (χ1) is 10.5. The summed E-state index contributed by atoms with van der Waals surface area (Å²) in [5.41, 5.74) is 0.688. The van der Waals surface area contributed by atoms with Gasteiger partial charge in [-0.2, -0.15) is 0 Å². The van der Waals surface area contributed by atoms with Crippen LogP contribution in [-0.2, 0) is 0 Å². The molecular weight excluding hydrogens is 278 g/mol. The van der Waals surface area contributed by atoms with Crippen LogP contribution in [0.5, 0.6) is 11.5 Å².